The zero-order chi connectivity index (χ0) is 13.9. The highest BCUT2D eigenvalue weighted by Gasteiger charge is 2.28. The zero-order valence-corrected chi connectivity index (χ0v) is 13.5. The van der Waals surface area contributed by atoms with Gasteiger partial charge in [0.05, 0.1) is 0 Å². The summed E-state index contributed by atoms with van der Waals surface area (Å²) in [5, 5.41) is 3.65. The van der Waals surface area contributed by atoms with Crippen molar-refractivity contribution in [3.05, 3.63) is 34.1 Å². The topological polar surface area (TPSA) is 12.0 Å². The molecule has 0 saturated heterocycles. The highest BCUT2D eigenvalue weighted by molar-refractivity contribution is 9.10. The molecule has 3 rings (SSSR count). The summed E-state index contributed by atoms with van der Waals surface area (Å²) < 4.78 is 14.9. The maximum absolute atomic E-state index is 14.1. The Morgan fingerprint density at radius 3 is 2.60 bits per heavy atom. The fourth-order valence-electron chi connectivity index (χ4n) is 3.41. The summed E-state index contributed by atoms with van der Waals surface area (Å²) >= 11 is 3.33. The van der Waals surface area contributed by atoms with Gasteiger partial charge in [-0.1, -0.05) is 47.7 Å². The molecule has 2 aliphatic rings. The highest BCUT2D eigenvalue weighted by Crippen LogP contribution is 2.34. The van der Waals surface area contributed by atoms with Crippen LogP contribution in [0.25, 0.3) is 0 Å². The van der Waals surface area contributed by atoms with Crippen LogP contribution in [0.4, 0.5) is 4.39 Å². The molecule has 2 aliphatic carbocycles. The van der Waals surface area contributed by atoms with E-state index in [2.05, 4.69) is 21.2 Å². The molecular weight excluding hydrogens is 317 g/mol. The predicted octanol–water partition coefficient (Wildman–Crippen LogP) is 4.69. The van der Waals surface area contributed by atoms with Crippen molar-refractivity contribution in [3.63, 3.8) is 0 Å². The fourth-order valence-corrected chi connectivity index (χ4v) is 3.74. The lowest BCUT2D eigenvalue weighted by atomic mass is 9.85. The molecule has 0 amide bonds. The largest absolute Gasteiger partial charge is 0.314 e. The normalized spacial score (nSPS) is 21.3. The molecule has 0 spiro atoms. The molecule has 0 heterocycles. The number of hydrogen-bond donors (Lipinski definition) is 1. The molecule has 0 aromatic heterocycles. The van der Waals surface area contributed by atoms with Gasteiger partial charge in [0.15, 0.2) is 0 Å². The molecule has 3 heteroatoms. The minimum absolute atomic E-state index is 0.0613. The van der Waals surface area contributed by atoms with Crippen LogP contribution >= 0.6 is 15.9 Å². The number of nitrogens with one attached hydrogen (secondary N) is 1. The zero-order valence-electron chi connectivity index (χ0n) is 11.9. The summed E-state index contributed by atoms with van der Waals surface area (Å²) in [5.74, 6) is 1.31. The number of halogens is 2. The van der Waals surface area contributed by atoms with E-state index >= 15 is 0 Å². The molecule has 1 unspecified atom stereocenters. The van der Waals surface area contributed by atoms with Gasteiger partial charge in [0.1, 0.15) is 5.82 Å². The Morgan fingerprint density at radius 1 is 1.20 bits per heavy atom. The van der Waals surface area contributed by atoms with Gasteiger partial charge in [-0.3, -0.25) is 0 Å². The van der Waals surface area contributed by atoms with E-state index in [1.165, 1.54) is 38.5 Å². The third-order valence-corrected chi connectivity index (χ3v) is 5.30. The van der Waals surface area contributed by atoms with E-state index in [1.807, 2.05) is 12.1 Å². The summed E-state index contributed by atoms with van der Waals surface area (Å²) in [6.45, 7) is 1.06. The van der Waals surface area contributed by atoms with Crippen molar-refractivity contribution in [1.29, 1.82) is 0 Å². The molecule has 2 fully saturated rings. The van der Waals surface area contributed by atoms with Gasteiger partial charge in [0.2, 0.25) is 0 Å². The van der Waals surface area contributed by atoms with Crippen LogP contribution in [-0.4, -0.2) is 12.6 Å². The molecule has 0 bridgehead atoms. The standard InChI is InChI=1S/C17H23BrFN/c18-15-6-5-13(17(19)10-15)9-14(11-20-16-7-8-16)12-3-1-2-4-12/h5-6,10,12,14,16,20H,1-4,7-9,11H2. The van der Waals surface area contributed by atoms with Crippen molar-refractivity contribution >= 4 is 15.9 Å². The summed E-state index contributed by atoms with van der Waals surface area (Å²) in [5.41, 5.74) is 0.877. The maximum atomic E-state index is 14.1. The van der Waals surface area contributed by atoms with Crippen molar-refractivity contribution in [1.82, 2.24) is 5.32 Å². The summed E-state index contributed by atoms with van der Waals surface area (Å²) in [6.07, 6.45) is 8.89. The average Bonchev–Trinajstić information content (AvgIpc) is 3.09. The minimum Gasteiger partial charge on any atom is -0.314 e. The van der Waals surface area contributed by atoms with Gasteiger partial charge >= 0.3 is 0 Å². The van der Waals surface area contributed by atoms with Gasteiger partial charge in [0.25, 0.3) is 0 Å². The molecule has 1 aromatic carbocycles. The van der Waals surface area contributed by atoms with Gasteiger partial charge in [0, 0.05) is 10.5 Å². The summed E-state index contributed by atoms with van der Waals surface area (Å²) in [7, 11) is 0. The Balaban J connectivity index is 1.66. The lowest BCUT2D eigenvalue weighted by Gasteiger charge is -2.24. The second-order valence-electron chi connectivity index (χ2n) is 6.43. The third kappa shape index (κ3) is 3.82. The second kappa shape index (κ2) is 6.57. The average molecular weight is 340 g/mol. The predicted molar refractivity (Wildman–Crippen MR) is 84.3 cm³/mol. The molecule has 1 N–H and O–H groups in total. The van der Waals surface area contributed by atoms with Gasteiger partial charge in [-0.05, 0) is 55.3 Å². The van der Waals surface area contributed by atoms with E-state index in [4.69, 9.17) is 0 Å². The molecule has 2 saturated carbocycles. The van der Waals surface area contributed by atoms with Crippen LogP contribution in [0.5, 0.6) is 0 Å². The molecule has 0 radical (unpaired) electrons. The first-order valence-corrected chi connectivity index (χ1v) is 8.69. The van der Waals surface area contributed by atoms with E-state index < -0.39 is 0 Å². The van der Waals surface area contributed by atoms with Crippen molar-refractivity contribution in [2.75, 3.05) is 6.54 Å². The van der Waals surface area contributed by atoms with Gasteiger partial charge < -0.3 is 5.32 Å². The molecule has 1 aromatic rings. The van der Waals surface area contributed by atoms with E-state index in [1.54, 1.807) is 6.07 Å². The van der Waals surface area contributed by atoms with E-state index in [9.17, 15) is 4.39 Å². The van der Waals surface area contributed by atoms with Crippen molar-refractivity contribution in [2.24, 2.45) is 11.8 Å². The van der Waals surface area contributed by atoms with Crippen molar-refractivity contribution in [2.45, 2.75) is 51.0 Å². The van der Waals surface area contributed by atoms with E-state index in [0.717, 1.165) is 35.0 Å². The van der Waals surface area contributed by atoms with E-state index in [0.29, 0.717) is 5.92 Å². The Kier molecular flexibility index (Phi) is 4.77. The summed E-state index contributed by atoms with van der Waals surface area (Å²) in [4.78, 5) is 0. The Bertz CT molecular complexity index is 452. The van der Waals surface area contributed by atoms with Gasteiger partial charge in [-0.25, -0.2) is 4.39 Å². The fraction of sp³-hybridized carbons (Fsp3) is 0.647. The van der Waals surface area contributed by atoms with Crippen LogP contribution in [0.15, 0.2) is 22.7 Å². The van der Waals surface area contributed by atoms with Gasteiger partial charge in [-0.15, -0.1) is 0 Å². The van der Waals surface area contributed by atoms with Crippen LogP contribution in [0.2, 0.25) is 0 Å². The Labute approximate surface area is 129 Å². The van der Waals surface area contributed by atoms with Crippen LogP contribution < -0.4 is 5.32 Å². The number of rotatable bonds is 6. The smallest absolute Gasteiger partial charge is 0.127 e. The first-order valence-electron chi connectivity index (χ1n) is 7.89. The van der Waals surface area contributed by atoms with Crippen LogP contribution in [0, 0.1) is 17.7 Å². The monoisotopic (exact) mass is 339 g/mol. The quantitative estimate of drug-likeness (QED) is 0.792. The third-order valence-electron chi connectivity index (χ3n) is 4.81. The minimum atomic E-state index is -0.0613. The number of hydrogen-bond acceptors (Lipinski definition) is 1. The molecule has 1 nitrogen and oxygen atoms in total. The summed E-state index contributed by atoms with van der Waals surface area (Å²) in [6, 6.07) is 6.24. The number of benzene rings is 1. The first-order chi connectivity index (χ1) is 9.72. The highest BCUT2D eigenvalue weighted by atomic mass is 79.9. The van der Waals surface area contributed by atoms with Crippen LogP contribution in [-0.2, 0) is 6.42 Å². The van der Waals surface area contributed by atoms with Gasteiger partial charge in [-0.2, -0.15) is 0 Å². The van der Waals surface area contributed by atoms with E-state index in [-0.39, 0.29) is 5.82 Å². The maximum Gasteiger partial charge on any atom is 0.127 e. The SMILES string of the molecule is Fc1cc(Br)ccc1CC(CNC1CC1)C1CCCC1. The van der Waals surface area contributed by atoms with Crippen LogP contribution in [0.3, 0.4) is 0 Å². The Morgan fingerprint density at radius 2 is 1.95 bits per heavy atom. The first kappa shape index (κ1) is 14.5. The molecule has 1 atom stereocenters. The second-order valence-corrected chi connectivity index (χ2v) is 7.34. The van der Waals surface area contributed by atoms with Crippen molar-refractivity contribution in [3.8, 4) is 0 Å². The van der Waals surface area contributed by atoms with Crippen molar-refractivity contribution < 1.29 is 4.39 Å². The lowest BCUT2D eigenvalue weighted by molar-refractivity contribution is 0.317. The molecule has 0 aliphatic heterocycles. The molecular formula is C17H23BrFN. The molecule has 110 valence electrons. The molecule has 20 heavy (non-hydrogen) atoms. The van der Waals surface area contributed by atoms with Crippen LogP contribution in [0.1, 0.15) is 44.1 Å². The lowest BCUT2D eigenvalue weighted by Crippen LogP contribution is -2.30. The Hall–Kier alpha value is -0.410.